The van der Waals surface area contributed by atoms with Crippen LogP contribution in [0.3, 0.4) is 0 Å². The number of ether oxygens (including phenoxy) is 1. The molecule has 1 aliphatic rings. The molecule has 0 saturated heterocycles. The number of aryl methyl sites for hydroxylation is 1. The number of aliphatic imine (C=N–C) groups is 1. The number of carbonyl (C=O) groups excluding carboxylic acids is 1. The van der Waals surface area contributed by atoms with Crippen LogP contribution in [0.2, 0.25) is 0 Å². The molecular weight excluding hydrogens is 396 g/mol. The van der Waals surface area contributed by atoms with E-state index in [2.05, 4.69) is 48.9 Å². The molecule has 1 heterocycles. The Morgan fingerprint density at radius 1 is 1.30 bits per heavy atom. The Hall–Kier alpha value is -2.54. The quantitative estimate of drug-likeness (QED) is 0.401. The van der Waals surface area contributed by atoms with E-state index in [-0.39, 0.29) is 18.6 Å². The Morgan fingerprint density at radius 2 is 2.13 bits per heavy atom. The fourth-order valence-corrected chi connectivity index (χ4v) is 4.07. The molecule has 0 radical (unpaired) electrons. The van der Waals surface area contributed by atoms with Crippen LogP contribution in [0, 0.1) is 6.92 Å². The van der Waals surface area contributed by atoms with Crippen LogP contribution >= 0.6 is 11.3 Å². The van der Waals surface area contributed by atoms with Crippen molar-refractivity contribution in [3.63, 3.8) is 0 Å². The largest absolute Gasteiger partial charge is 0.484 e. The average molecular weight is 429 g/mol. The van der Waals surface area contributed by atoms with Crippen molar-refractivity contribution in [2.75, 3.05) is 13.2 Å². The third-order valence-electron chi connectivity index (χ3n) is 4.66. The van der Waals surface area contributed by atoms with Crippen molar-refractivity contribution in [1.82, 2.24) is 16.0 Å². The van der Waals surface area contributed by atoms with Crippen molar-refractivity contribution < 1.29 is 9.53 Å². The third-order valence-corrected chi connectivity index (χ3v) is 5.68. The van der Waals surface area contributed by atoms with Crippen LogP contribution < -0.4 is 20.7 Å². The number of hydrogen-bond donors (Lipinski definition) is 3. The zero-order valence-electron chi connectivity index (χ0n) is 18.0. The van der Waals surface area contributed by atoms with E-state index < -0.39 is 0 Å². The summed E-state index contributed by atoms with van der Waals surface area (Å²) in [5.41, 5.74) is 1.04. The van der Waals surface area contributed by atoms with Crippen LogP contribution in [0.5, 0.6) is 5.75 Å². The number of nitrogens with zero attached hydrogens (tertiary/aromatic N) is 1. The first-order valence-corrected chi connectivity index (χ1v) is 11.4. The first-order chi connectivity index (χ1) is 14.5. The lowest BCUT2D eigenvalue weighted by Gasteiger charge is -2.17. The fraction of sp³-hybridized carbons (Fsp3) is 0.478. The summed E-state index contributed by atoms with van der Waals surface area (Å²) in [4.78, 5) is 19.2. The molecule has 1 aromatic carbocycles. The van der Waals surface area contributed by atoms with Crippen LogP contribution in [0.25, 0.3) is 0 Å². The molecular formula is C23H32N4O2S. The average Bonchev–Trinajstić information content (AvgIpc) is 3.44. The number of rotatable bonds is 10. The second-order valence-corrected chi connectivity index (χ2v) is 9.11. The summed E-state index contributed by atoms with van der Waals surface area (Å²) in [6, 6.07) is 12.7. The maximum Gasteiger partial charge on any atom is 0.258 e. The molecule has 0 aliphatic heterocycles. The van der Waals surface area contributed by atoms with E-state index in [0.29, 0.717) is 18.3 Å². The number of amides is 1. The van der Waals surface area contributed by atoms with Gasteiger partial charge in [0.15, 0.2) is 12.6 Å². The minimum atomic E-state index is -0.0607. The summed E-state index contributed by atoms with van der Waals surface area (Å²) in [7, 11) is 0. The molecule has 6 nitrogen and oxygen atoms in total. The van der Waals surface area contributed by atoms with Gasteiger partial charge >= 0.3 is 0 Å². The van der Waals surface area contributed by atoms with E-state index in [9.17, 15) is 4.79 Å². The summed E-state index contributed by atoms with van der Waals surface area (Å²) < 4.78 is 5.63. The Balaban J connectivity index is 1.52. The molecule has 30 heavy (non-hydrogen) atoms. The number of carbonyl (C=O) groups is 1. The molecule has 1 fully saturated rings. The fourth-order valence-electron chi connectivity index (χ4n) is 3.05. The first kappa shape index (κ1) is 22.2. The number of benzene rings is 1. The van der Waals surface area contributed by atoms with Crippen LogP contribution in [-0.4, -0.2) is 37.1 Å². The van der Waals surface area contributed by atoms with Crippen LogP contribution in [0.15, 0.2) is 41.4 Å². The predicted octanol–water partition coefficient (Wildman–Crippen LogP) is 3.40. The Bertz CT molecular complexity index is 860. The third kappa shape index (κ3) is 7.71. The Kier molecular flexibility index (Phi) is 8.13. The van der Waals surface area contributed by atoms with E-state index in [1.165, 1.54) is 9.75 Å². The van der Waals surface area contributed by atoms with E-state index in [1.54, 1.807) is 0 Å². The zero-order valence-corrected chi connectivity index (χ0v) is 18.8. The molecule has 2 aromatic rings. The molecule has 0 spiro atoms. The highest BCUT2D eigenvalue weighted by Crippen LogP contribution is 2.19. The monoisotopic (exact) mass is 428 g/mol. The topological polar surface area (TPSA) is 74.8 Å². The first-order valence-electron chi connectivity index (χ1n) is 10.6. The molecule has 1 aliphatic carbocycles. The predicted molar refractivity (Wildman–Crippen MR) is 123 cm³/mol. The van der Waals surface area contributed by atoms with Gasteiger partial charge < -0.3 is 20.7 Å². The maximum absolute atomic E-state index is 11.8. The highest BCUT2D eigenvalue weighted by Gasteiger charge is 2.23. The number of hydrogen-bond acceptors (Lipinski definition) is 4. The minimum Gasteiger partial charge on any atom is -0.484 e. The maximum atomic E-state index is 11.8. The Morgan fingerprint density at radius 3 is 2.83 bits per heavy atom. The smallest absolute Gasteiger partial charge is 0.258 e. The van der Waals surface area contributed by atoms with Crippen molar-refractivity contribution in [2.45, 2.75) is 58.7 Å². The van der Waals surface area contributed by atoms with Crippen LogP contribution in [0.4, 0.5) is 0 Å². The van der Waals surface area contributed by atoms with Gasteiger partial charge in [-0.15, -0.1) is 11.3 Å². The molecule has 3 N–H and O–H groups in total. The number of guanidine groups is 1. The molecule has 1 aromatic heterocycles. The lowest BCUT2D eigenvalue weighted by Crippen LogP contribution is -2.43. The lowest BCUT2D eigenvalue weighted by molar-refractivity contribution is -0.123. The van der Waals surface area contributed by atoms with Gasteiger partial charge in [-0.2, -0.15) is 0 Å². The summed E-state index contributed by atoms with van der Waals surface area (Å²) in [6.45, 7) is 7.75. The van der Waals surface area contributed by atoms with Crippen molar-refractivity contribution in [1.29, 1.82) is 0 Å². The van der Waals surface area contributed by atoms with Crippen molar-refractivity contribution in [3.05, 3.63) is 51.7 Å². The van der Waals surface area contributed by atoms with Crippen molar-refractivity contribution in [2.24, 2.45) is 4.99 Å². The van der Waals surface area contributed by atoms with Crippen molar-refractivity contribution >= 4 is 23.2 Å². The van der Waals surface area contributed by atoms with Gasteiger partial charge in [-0.1, -0.05) is 12.1 Å². The van der Waals surface area contributed by atoms with Crippen LogP contribution in [0.1, 0.15) is 42.0 Å². The molecule has 3 rings (SSSR count). The normalized spacial score (nSPS) is 14.8. The van der Waals surface area contributed by atoms with Gasteiger partial charge in [0.25, 0.3) is 5.91 Å². The molecule has 1 unspecified atom stereocenters. The van der Waals surface area contributed by atoms with Gasteiger partial charge in [0.1, 0.15) is 5.75 Å². The van der Waals surface area contributed by atoms with Gasteiger partial charge in [0.2, 0.25) is 0 Å². The second-order valence-electron chi connectivity index (χ2n) is 7.73. The second kappa shape index (κ2) is 11.0. The minimum absolute atomic E-state index is 0.0487. The standard InChI is InChI=1S/C23H32N4O2S/c1-4-24-23(26-16(2)12-21-11-8-17(3)30-21)25-14-18-6-5-7-20(13-18)29-15-22(28)27-19-9-10-19/h5-8,11,13,16,19H,4,9-10,12,14-15H2,1-3H3,(H,27,28)(H2,24,25,26). The molecule has 162 valence electrons. The van der Waals surface area contributed by atoms with Crippen LogP contribution in [-0.2, 0) is 17.8 Å². The molecule has 0 bridgehead atoms. The van der Waals surface area contributed by atoms with E-state index >= 15 is 0 Å². The van der Waals surface area contributed by atoms with E-state index in [4.69, 9.17) is 9.73 Å². The molecule has 1 amide bonds. The van der Waals surface area contributed by atoms with E-state index in [1.807, 2.05) is 35.6 Å². The van der Waals surface area contributed by atoms with Gasteiger partial charge in [0, 0.05) is 34.8 Å². The molecule has 1 saturated carbocycles. The lowest BCUT2D eigenvalue weighted by atomic mass is 10.2. The molecule has 1 atom stereocenters. The van der Waals surface area contributed by atoms with Gasteiger partial charge in [-0.3, -0.25) is 4.79 Å². The van der Waals surface area contributed by atoms with E-state index in [0.717, 1.165) is 37.3 Å². The highest BCUT2D eigenvalue weighted by atomic mass is 32.1. The van der Waals surface area contributed by atoms with Gasteiger partial charge in [-0.05, 0) is 63.4 Å². The highest BCUT2D eigenvalue weighted by molar-refractivity contribution is 7.11. The number of thiophene rings is 1. The number of nitrogens with one attached hydrogen (secondary N) is 3. The summed E-state index contributed by atoms with van der Waals surface area (Å²) in [6.07, 6.45) is 3.12. The summed E-state index contributed by atoms with van der Waals surface area (Å²) in [5.74, 6) is 1.43. The van der Waals surface area contributed by atoms with Crippen molar-refractivity contribution in [3.8, 4) is 5.75 Å². The SMILES string of the molecule is CCNC(=NCc1cccc(OCC(=O)NC2CC2)c1)NC(C)Cc1ccc(C)s1. The summed E-state index contributed by atoms with van der Waals surface area (Å²) >= 11 is 1.84. The summed E-state index contributed by atoms with van der Waals surface area (Å²) in [5, 5.41) is 9.73. The van der Waals surface area contributed by atoms with Gasteiger partial charge in [0.05, 0.1) is 6.54 Å². The van der Waals surface area contributed by atoms with Gasteiger partial charge in [-0.25, -0.2) is 4.99 Å². The zero-order chi connectivity index (χ0) is 21.3. The molecule has 7 heteroatoms. The Labute approximate surface area is 183 Å².